The van der Waals surface area contributed by atoms with E-state index in [2.05, 4.69) is 27.6 Å². The molecule has 2 rings (SSSR count). The average molecular weight is 239 g/mol. The van der Waals surface area contributed by atoms with Gasteiger partial charge in [0.15, 0.2) is 5.13 Å². The molecule has 0 aromatic carbocycles. The fourth-order valence-corrected chi connectivity index (χ4v) is 2.55. The second-order valence-electron chi connectivity index (χ2n) is 3.17. The molecule has 0 fully saturated rings. The van der Waals surface area contributed by atoms with E-state index < -0.39 is 0 Å². The van der Waals surface area contributed by atoms with Gasteiger partial charge in [-0.15, -0.1) is 22.7 Å². The molecule has 0 aliphatic rings. The number of nitrogens with zero attached hydrogens (tertiary/aromatic N) is 2. The first kappa shape index (κ1) is 10.6. The Morgan fingerprint density at radius 3 is 3.07 bits per heavy atom. The Kier molecular flexibility index (Phi) is 3.69. The Hall–Kier alpha value is -0.940. The number of thiazole rings is 2. The third-order valence-electron chi connectivity index (χ3n) is 1.93. The Balaban J connectivity index is 1.88. The summed E-state index contributed by atoms with van der Waals surface area (Å²) in [5.74, 6) is 0. The third kappa shape index (κ3) is 3.00. The van der Waals surface area contributed by atoms with Gasteiger partial charge in [0.2, 0.25) is 0 Å². The van der Waals surface area contributed by atoms with Crippen LogP contribution in [0.2, 0.25) is 0 Å². The lowest BCUT2D eigenvalue weighted by Gasteiger charge is -1.97. The summed E-state index contributed by atoms with van der Waals surface area (Å²) >= 11 is 3.33. The zero-order chi connectivity index (χ0) is 10.5. The summed E-state index contributed by atoms with van der Waals surface area (Å²) in [6, 6.07) is 0. The van der Waals surface area contributed by atoms with E-state index in [0.29, 0.717) is 0 Å². The predicted octanol–water partition coefficient (Wildman–Crippen LogP) is 3.16. The molecule has 0 aliphatic heterocycles. The van der Waals surface area contributed by atoms with E-state index in [9.17, 15) is 0 Å². The zero-order valence-electron chi connectivity index (χ0n) is 8.56. The van der Waals surface area contributed by atoms with Crippen LogP contribution in [0.5, 0.6) is 0 Å². The number of aryl methyl sites for hydroxylation is 1. The van der Waals surface area contributed by atoms with Crippen molar-refractivity contribution in [1.29, 1.82) is 0 Å². The van der Waals surface area contributed by atoms with Crippen LogP contribution in [0, 0.1) is 0 Å². The van der Waals surface area contributed by atoms with Crippen LogP contribution in [0.25, 0.3) is 0 Å². The van der Waals surface area contributed by atoms with Gasteiger partial charge in [-0.1, -0.05) is 13.3 Å². The zero-order valence-corrected chi connectivity index (χ0v) is 10.2. The summed E-state index contributed by atoms with van der Waals surface area (Å²) in [6.07, 6.45) is 4.04. The van der Waals surface area contributed by atoms with Gasteiger partial charge in [-0.3, -0.25) is 0 Å². The first-order chi connectivity index (χ1) is 7.38. The summed E-state index contributed by atoms with van der Waals surface area (Å²) < 4.78 is 0. The maximum absolute atomic E-state index is 4.48. The first-order valence-corrected chi connectivity index (χ1v) is 6.71. The molecule has 0 spiro atoms. The second-order valence-corrected chi connectivity index (χ2v) is 5.01. The van der Waals surface area contributed by atoms with Crippen LogP contribution in [0.4, 0.5) is 5.13 Å². The SMILES string of the molecule is CCCc1csc(NCc2nccs2)n1. The second kappa shape index (κ2) is 5.23. The highest BCUT2D eigenvalue weighted by atomic mass is 32.1. The highest BCUT2D eigenvalue weighted by molar-refractivity contribution is 7.13. The molecule has 3 nitrogen and oxygen atoms in total. The fraction of sp³-hybridized carbons (Fsp3) is 0.400. The van der Waals surface area contributed by atoms with Crippen molar-refractivity contribution in [3.05, 3.63) is 27.7 Å². The summed E-state index contributed by atoms with van der Waals surface area (Å²) in [5, 5.41) is 9.48. The topological polar surface area (TPSA) is 37.8 Å². The molecule has 0 bridgehead atoms. The summed E-state index contributed by atoms with van der Waals surface area (Å²) in [6.45, 7) is 2.94. The molecule has 0 unspecified atom stereocenters. The van der Waals surface area contributed by atoms with Crippen LogP contribution in [-0.2, 0) is 13.0 Å². The van der Waals surface area contributed by atoms with Gasteiger partial charge in [-0.05, 0) is 6.42 Å². The quantitative estimate of drug-likeness (QED) is 0.871. The minimum absolute atomic E-state index is 0.775. The van der Waals surface area contributed by atoms with Gasteiger partial charge in [-0.2, -0.15) is 0 Å². The summed E-state index contributed by atoms with van der Waals surface area (Å²) in [7, 11) is 0. The largest absolute Gasteiger partial charge is 0.355 e. The maximum Gasteiger partial charge on any atom is 0.183 e. The van der Waals surface area contributed by atoms with Gasteiger partial charge in [0.25, 0.3) is 0 Å². The number of rotatable bonds is 5. The first-order valence-electron chi connectivity index (χ1n) is 4.95. The van der Waals surface area contributed by atoms with Crippen molar-refractivity contribution in [2.45, 2.75) is 26.3 Å². The monoisotopic (exact) mass is 239 g/mol. The third-order valence-corrected chi connectivity index (χ3v) is 3.56. The normalized spacial score (nSPS) is 10.5. The molecule has 0 aliphatic carbocycles. The standard InChI is InChI=1S/C10H13N3S2/c1-2-3-8-7-15-10(13-8)12-6-9-11-4-5-14-9/h4-5,7H,2-3,6H2,1H3,(H,12,13). The number of nitrogens with one attached hydrogen (secondary N) is 1. The molecular weight excluding hydrogens is 226 g/mol. The number of aromatic nitrogens is 2. The van der Waals surface area contributed by atoms with Crippen molar-refractivity contribution in [1.82, 2.24) is 9.97 Å². The van der Waals surface area contributed by atoms with Crippen molar-refractivity contribution in [3.63, 3.8) is 0 Å². The Morgan fingerprint density at radius 2 is 2.33 bits per heavy atom. The number of hydrogen-bond acceptors (Lipinski definition) is 5. The fourth-order valence-electron chi connectivity index (χ4n) is 1.25. The lowest BCUT2D eigenvalue weighted by molar-refractivity contribution is 0.891. The molecule has 0 saturated carbocycles. The van der Waals surface area contributed by atoms with Crippen molar-refractivity contribution in [2.24, 2.45) is 0 Å². The lowest BCUT2D eigenvalue weighted by atomic mass is 10.3. The van der Waals surface area contributed by atoms with E-state index in [1.54, 1.807) is 22.7 Å². The van der Waals surface area contributed by atoms with E-state index in [0.717, 1.165) is 29.5 Å². The van der Waals surface area contributed by atoms with Crippen LogP contribution in [-0.4, -0.2) is 9.97 Å². The Labute approximate surface area is 97.2 Å². The molecule has 80 valence electrons. The van der Waals surface area contributed by atoms with Crippen molar-refractivity contribution in [3.8, 4) is 0 Å². The van der Waals surface area contributed by atoms with Gasteiger partial charge in [0.05, 0.1) is 12.2 Å². The van der Waals surface area contributed by atoms with E-state index >= 15 is 0 Å². The van der Waals surface area contributed by atoms with Crippen LogP contribution in [0.3, 0.4) is 0 Å². The molecule has 0 radical (unpaired) electrons. The molecule has 0 amide bonds. The van der Waals surface area contributed by atoms with Gasteiger partial charge in [-0.25, -0.2) is 9.97 Å². The van der Waals surface area contributed by atoms with Crippen molar-refractivity contribution in [2.75, 3.05) is 5.32 Å². The molecular formula is C10H13N3S2. The molecule has 2 aromatic rings. The van der Waals surface area contributed by atoms with E-state index in [1.165, 1.54) is 5.69 Å². The number of hydrogen-bond donors (Lipinski definition) is 1. The van der Waals surface area contributed by atoms with Gasteiger partial charge in [0, 0.05) is 17.0 Å². The predicted molar refractivity (Wildman–Crippen MR) is 65.5 cm³/mol. The molecule has 1 N–H and O–H groups in total. The molecule has 0 saturated heterocycles. The van der Waals surface area contributed by atoms with E-state index in [4.69, 9.17) is 0 Å². The molecule has 2 aromatic heterocycles. The average Bonchev–Trinajstić information content (AvgIpc) is 2.85. The van der Waals surface area contributed by atoms with Gasteiger partial charge in [0.1, 0.15) is 5.01 Å². The van der Waals surface area contributed by atoms with Crippen LogP contribution in [0.15, 0.2) is 17.0 Å². The van der Waals surface area contributed by atoms with Crippen molar-refractivity contribution >= 4 is 27.8 Å². The van der Waals surface area contributed by atoms with Crippen LogP contribution >= 0.6 is 22.7 Å². The minimum Gasteiger partial charge on any atom is -0.355 e. The highest BCUT2D eigenvalue weighted by Gasteiger charge is 2.01. The summed E-state index contributed by atoms with van der Waals surface area (Å²) in [4.78, 5) is 8.69. The minimum atomic E-state index is 0.775. The van der Waals surface area contributed by atoms with Gasteiger partial charge >= 0.3 is 0 Å². The molecule has 5 heteroatoms. The Morgan fingerprint density at radius 1 is 1.40 bits per heavy atom. The number of anilines is 1. The van der Waals surface area contributed by atoms with Gasteiger partial charge < -0.3 is 5.32 Å². The highest BCUT2D eigenvalue weighted by Crippen LogP contribution is 2.17. The van der Waals surface area contributed by atoms with E-state index in [-0.39, 0.29) is 0 Å². The van der Waals surface area contributed by atoms with Crippen LogP contribution < -0.4 is 5.32 Å². The van der Waals surface area contributed by atoms with E-state index in [1.807, 2.05) is 11.6 Å². The molecule has 2 heterocycles. The molecule has 15 heavy (non-hydrogen) atoms. The van der Waals surface area contributed by atoms with Crippen LogP contribution in [0.1, 0.15) is 24.0 Å². The van der Waals surface area contributed by atoms with Crippen molar-refractivity contribution < 1.29 is 0 Å². The summed E-state index contributed by atoms with van der Waals surface area (Å²) in [5.41, 5.74) is 1.18. The lowest BCUT2D eigenvalue weighted by Crippen LogP contribution is -1.98. The maximum atomic E-state index is 4.48. The Bertz CT molecular complexity index is 394. The molecule has 0 atom stereocenters. The smallest absolute Gasteiger partial charge is 0.183 e.